The molecule has 0 unspecified atom stereocenters. The topological polar surface area (TPSA) is 67.0 Å². The third-order valence-electron chi connectivity index (χ3n) is 4.50. The largest absolute Gasteiger partial charge is 0.497 e. The molecule has 0 radical (unpaired) electrons. The molecule has 0 spiro atoms. The number of methoxy groups -OCH3 is 1. The van der Waals surface area contributed by atoms with Crippen molar-refractivity contribution in [3.63, 3.8) is 0 Å². The Hall–Kier alpha value is -3.57. The lowest BCUT2D eigenvalue weighted by molar-refractivity contribution is 0.102. The molecule has 4 rings (SSSR count). The van der Waals surface area contributed by atoms with Crippen molar-refractivity contribution in [3.8, 4) is 28.4 Å². The minimum absolute atomic E-state index is 0. The number of rotatable bonds is 5. The summed E-state index contributed by atoms with van der Waals surface area (Å²) >= 11 is 5.86. The molecule has 5 nitrogen and oxygen atoms in total. The zero-order chi connectivity index (χ0) is 20.2. The molecule has 2 N–H and O–H groups in total. The van der Waals surface area contributed by atoms with E-state index in [0.29, 0.717) is 16.3 Å². The smallest absolute Gasteiger partial charge is 0.255 e. The van der Waals surface area contributed by atoms with E-state index in [-0.39, 0.29) is 13.3 Å². The molecular weight excluding hydrogens is 398 g/mol. The average Bonchev–Trinajstić information content (AvgIpc) is 3.25. The van der Waals surface area contributed by atoms with E-state index in [4.69, 9.17) is 16.3 Å². The first-order chi connectivity index (χ1) is 14.1. The molecule has 0 fully saturated rings. The van der Waals surface area contributed by atoms with Gasteiger partial charge in [0.1, 0.15) is 11.6 Å². The SMILES string of the molecule is C.COc1ccc(-c2ncc(-c3ccc(NC(=O)c4ccc(Cl)cc4)cc3)[nH]2)cc1. The van der Waals surface area contributed by atoms with Gasteiger partial charge in [0.15, 0.2) is 0 Å². The van der Waals surface area contributed by atoms with Gasteiger partial charge in [0.05, 0.1) is 19.0 Å². The van der Waals surface area contributed by atoms with Crippen LogP contribution in [-0.2, 0) is 0 Å². The number of ether oxygens (including phenoxy) is 1. The summed E-state index contributed by atoms with van der Waals surface area (Å²) in [6.07, 6.45) is 1.79. The molecule has 30 heavy (non-hydrogen) atoms. The number of H-pyrrole nitrogens is 1. The standard InChI is InChI=1S/C23H18ClN3O2.CH4/c1-29-20-12-6-16(7-13-20)22-25-14-21(27-22)15-4-10-19(11-5-15)26-23(28)17-2-8-18(24)9-3-17;/h2-14H,1H3,(H,25,27)(H,26,28);1H4. The van der Waals surface area contributed by atoms with E-state index in [1.54, 1.807) is 37.6 Å². The van der Waals surface area contributed by atoms with E-state index >= 15 is 0 Å². The van der Waals surface area contributed by atoms with Gasteiger partial charge in [-0.25, -0.2) is 4.98 Å². The minimum atomic E-state index is -0.183. The normalized spacial score (nSPS) is 10.2. The van der Waals surface area contributed by atoms with Crippen molar-refractivity contribution < 1.29 is 9.53 Å². The number of imidazole rings is 1. The Labute approximate surface area is 180 Å². The van der Waals surface area contributed by atoms with Crippen molar-refractivity contribution in [2.24, 2.45) is 0 Å². The summed E-state index contributed by atoms with van der Waals surface area (Å²) in [6, 6.07) is 22.1. The zero-order valence-electron chi connectivity index (χ0n) is 15.6. The third kappa shape index (κ3) is 4.70. The number of halogens is 1. The summed E-state index contributed by atoms with van der Waals surface area (Å²) in [4.78, 5) is 20.1. The lowest BCUT2D eigenvalue weighted by atomic mass is 10.1. The second-order valence-corrected chi connectivity index (χ2v) is 6.85. The molecule has 0 aliphatic heterocycles. The molecule has 0 atom stereocenters. The number of benzene rings is 3. The van der Waals surface area contributed by atoms with Crippen LogP contribution in [0.5, 0.6) is 5.75 Å². The van der Waals surface area contributed by atoms with Gasteiger partial charge in [0, 0.05) is 21.8 Å². The van der Waals surface area contributed by atoms with Crippen LogP contribution >= 0.6 is 11.6 Å². The van der Waals surface area contributed by atoms with E-state index < -0.39 is 0 Å². The van der Waals surface area contributed by atoms with E-state index in [1.165, 1.54) is 0 Å². The number of aromatic amines is 1. The lowest BCUT2D eigenvalue weighted by Crippen LogP contribution is -2.11. The van der Waals surface area contributed by atoms with Gasteiger partial charge < -0.3 is 15.0 Å². The van der Waals surface area contributed by atoms with Crippen LogP contribution < -0.4 is 10.1 Å². The Bertz CT molecular complexity index is 1120. The first kappa shape index (κ1) is 21.1. The van der Waals surface area contributed by atoms with Gasteiger partial charge in [0.25, 0.3) is 5.91 Å². The van der Waals surface area contributed by atoms with E-state index in [9.17, 15) is 4.79 Å². The van der Waals surface area contributed by atoms with Crippen molar-refractivity contribution in [2.75, 3.05) is 12.4 Å². The third-order valence-corrected chi connectivity index (χ3v) is 4.75. The first-order valence-electron chi connectivity index (χ1n) is 8.99. The molecule has 4 aromatic rings. The molecule has 1 heterocycles. The van der Waals surface area contributed by atoms with Gasteiger partial charge in [0.2, 0.25) is 0 Å². The molecular formula is C24H22ClN3O2. The zero-order valence-corrected chi connectivity index (χ0v) is 16.4. The van der Waals surface area contributed by atoms with E-state index in [2.05, 4.69) is 15.3 Å². The van der Waals surface area contributed by atoms with Gasteiger partial charge in [-0.15, -0.1) is 0 Å². The van der Waals surface area contributed by atoms with Gasteiger partial charge in [-0.1, -0.05) is 31.2 Å². The Morgan fingerprint density at radius 1 is 0.933 bits per heavy atom. The maximum absolute atomic E-state index is 12.3. The quantitative estimate of drug-likeness (QED) is 0.399. The first-order valence-corrected chi connectivity index (χ1v) is 9.37. The van der Waals surface area contributed by atoms with Crippen LogP contribution in [0.4, 0.5) is 5.69 Å². The highest BCUT2D eigenvalue weighted by Crippen LogP contribution is 2.25. The fraction of sp³-hybridized carbons (Fsp3) is 0.0833. The Morgan fingerprint density at radius 3 is 2.20 bits per heavy atom. The van der Waals surface area contributed by atoms with Crippen molar-refractivity contribution in [3.05, 3.63) is 89.6 Å². The Balaban J connectivity index is 0.00000256. The molecule has 6 heteroatoms. The summed E-state index contributed by atoms with van der Waals surface area (Å²) in [5.74, 6) is 1.40. The van der Waals surface area contributed by atoms with E-state index in [0.717, 1.165) is 28.4 Å². The van der Waals surface area contributed by atoms with Crippen LogP contribution in [-0.4, -0.2) is 23.0 Å². The van der Waals surface area contributed by atoms with Gasteiger partial charge in [-0.3, -0.25) is 4.79 Å². The highest BCUT2D eigenvalue weighted by atomic mass is 35.5. The molecule has 0 saturated carbocycles. The number of nitrogens with zero attached hydrogens (tertiary/aromatic N) is 1. The number of hydrogen-bond acceptors (Lipinski definition) is 3. The van der Waals surface area contributed by atoms with E-state index in [1.807, 2.05) is 48.5 Å². The number of carbonyl (C=O) groups is 1. The number of carbonyl (C=O) groups excluding carboxylic acids is 1. The highest BCUT2D eigenvalue weighted by Gasteiger charge is 2.08. The predicted molar refractivity (Wildman–Crippen MR) is 122 cm³/mol. The predicted octanol–water partition coefficient (Wildman–Crippen LogP) is 6.29. The Morgan fingerprint density at radius 2 is 1.57 bits per heavy atom. The number of hydrogen-bond donors (Lipinski definition) is 2. The number of aromatic nitrogens is 2. The van der Waals surface area contributed by atoms with Crippen LogP contribution in [0.25, 0.3) is 22.6 Å². The molecule has 3 aromatic carbocycles. The van der Waals surface area contributed by atoms with Crippen LogP contribution in [0.15, 0.2) is 79.0 Å². The van der Waals surface area contributed by atoms with Crippen molar-refractivity contribution in [1.82, 2.24) is 9.97 Å². The average molecular weight is 420 g/mol. The summed E-state index contributed by atoms with van der Waals surface area (Å²) in [5, 5.41) is 3.48. The minimum Gasteiger partial charge on any atom is -0.497 e. The second kappa shape index (κ2) is 9.29. The van der Waals surface area contributed by atoms with Gasteiger partial charge in [-0.2, -0.15) is 0 Å². The molecule has 0 bridgehead atoms. The summed E-state index contributed by atoms with van der Waals surface area (Å²) < 4.78 is 5.19. The van der Waals surface area contributed by atoms with Gasteiger partial charge in [-0.05, 0) is 66.2 Å². The fourth-order valence-corrected chi connectivity index (χ4v) is 3.03. The van der Waals surface area contributed by atoms with Crippen LogP contribution in [0.2, 0.25) is 5.02 Å². The summed E-state index contributed by atoms with van der Waals surface area (Å²) in [5.41, 5.74) is 4.11. The van der Waals surface area contributed by atoms with Crippen molar-refractivity contribution in [2.45, 2.75) is 7.43 Å². The number of amides is 1. The molecule has 0 saturated heterocycles. The highest BCUT2D eigenvalue weighted by molar-refractivity contribution is 6.30. The maximum atomic E-state index is 12.3. The van der Waals surface area contributed by atoms with Crippen molar-refractivity contribution in [1.29, 1.82) is 0 Å². The number of anilines is 1. The van der Waals surface area contributed by atoms with Gasteiger partial charge >= 0.3 is 0 Å². The summed E-state index contributed by atoms with van der Waals surface area (Å²) in [7, 11) is 1.64. The van der Waals surface area contributed by atoms with Crippen LogP contribution in [0, 0.1) is 0 Å². The molecule has 1 aromatic heterocycles. The number of nitrogens with one attached hydrogen (secondary N) is 2. The molecule has 1 amide bonds. The fourth-order valence-electron chi connectivity index (χ4n) is 2.90. The van der Waals surface area contributed by atoms with Crippen LogP contribution in [0.3, 0.4) is 0 Å². The maximum Gasteiger partial charge on any atom is 0.255 e. The molecule has 152 valence electrons. The molecule has 0 aliphatic rings. The molecule has 0 aliphatic carbocycles. The Kier molecular flexibility index (Phi) is 6.54. The lowest BCUT2D eigenvalue weighted by Gasteiger charge is -2.06. The summed E-state index contributed by atoms with van der Waals surface area (Å²) in [6.45, 7) is 0. The monoisotopic (exact) mass is 419 g/mol. The van der Waals surface area contributed by atoms with Crippen molar-refractivity contribution >= 4 is 23.2 Å². The second-order valence-electron chi connectivity index (χ2n) is 6.41. The van der Waals surface area contributed by atoms with Crippen LogP contribution in [0.1, 0.15) is 17.8 Å².